The summed E-state index contributed by atoms with van der Waals surface area (Å²) in [4.78, 5) is 0. The van der Waals surface area contributed by atoms with E-state index >= 15 is 0 Å². The molecule has 2 atom stereocenters. The summed E-state index contributed by atoms with van der Waals surface area (Å²) >= 11 is 2.55. The molecule has 0 saturated heterocycles. The third-order valence-corrected chi connectivity index (χ3v) is 4.50. The first kappa shape index (κ1) is 14.7. The zero-order chi connectivity index (χ0) is 11.6. The van der Waals surface area contributed by atoms with Gasteiger partial charge in [0.25, 0.3) is 0 Å². The maximum atomic E-state index is 5.92. The molecular formula is C13H25IO2. The van der Waals surface area contributed by atoms with E-state index in [-0.39, 0.29) is 0 Å². The Morgan fingerprint density at radius 2 is 1.88 bits per heavy atom. The Morgan fingerprint density at radius 1 is 1.06 bits per heavy atom. The van der Waals surface area contributed by atoms with E-state index in [1.165, 1.54) is 44.9 Å². The average molecular weight is 340 g/mol. The van der Waals surface area contributed by atoms with Gasteiger partial charge in [0.2, 0.25) is 0 Å². The molecule has 0 aromatic carbocycles. The first-order valence-electron chi connectivity index (χ1n) is 6.68. The highest BCUT2D eigenvalue weighted by Crippen LogP contribution is 2.26. The first-order chi connectivity index (χ1) is 7.84. The van der Waals surface area contributed by atoms with Crippen molar-refractivity contribution in [3.8, 4) is 0 Å². The number of alkyl halides is 1. The second kappa shape index (κ2) is 9.66. The normalized spacial score (nSPS) is 26.6. The molecule has 0 radical (unpaired) electrons. The summed E-state index contributed by atoms with van der Waals surface area (Å²) in [7, 11) is 0. The van der Waals surface area contributed by atoms with Crippen molar-refractivity contribution in [1.82, 2.24) is 0 Å². The maximum Gasteiger partial charge on any atom is 0.0704 e. The van der Waals surface area contributed by atoms with Gasteiger partial charge in [-0.3, -0.25) is 0 Å². The minimum atomic E-state index is 0.470. The molecule has 0 aromatic heterocycles. The van der Waals surface area contributed by atoms with E-state index in [0.29, 0.717) is 10.0 Å². The zero-order valence-corrected chi connectivity index (χ0v) is 12.6. The molecule has 1 fully saturated rings. The second-order valence-electron chi connectivity index (χ2n) is 4.53. The summed E-state index contributed by atoms with van der Waals surface area (Å²) in [6.07, 6.45) is 9.49. The Kier molecular flexibility index (Phi) is 8.88. The van der Waals surface area contributed by atoms with Crippen molar-refractivity contribution >= 4 is 22.6 Å². The Balaban J connectivity index is 2.01. The maximum absolute atomic E-state index is 5.92. The molecule has 1 aliphatic rings. The number of hydrogen-bond acceptors (Lipinski definition) is 2. The van der Waals surface area contributed by atoms with Gasteiger partial charge in [-0.25, -0.2) is 0 Å². The van der Waals surface area contributed by atoms with Gasteiger partial charge in [-0.05, 0) is 19.3 Å². The average Bonchev–Trinajstić information content (AvgIpc) is 2.49. The van der Waals surface area contributed by atoms with E-state index in [9.17, 15) is 0 Å². The van der Waals surface area contributed by atoms with Gasteiger partial charge in [0.15, 0.2) is 0 Å². The van der Waals surface area contributed by atoms with Crippen molar-refractivity contribution in [2.45, 2.75) is 61.9 Å². The Morgan fingerprint density at radius 3 is 2.69 bits per heavy atom. The van der Waals surface area contributed by atoms with Crippen molar-refractivity contribution in [3.05, 3.63) is 0 Å². The molecule has 0 amide bonds. The van der Waals surface area contributed by atoms with Gasteiger partial charge >= 0.3 is 0 Å². The van der Waals surface area contributed by atoms with Crippen LogP contribution >= 0.6 is 22.6 Å². The number of hydrogen-bond donors (Lipinski definition) is 0. The van der Waals surface area contributed by atoms with Gasteiger partial charge in [-0.2, -0.15) is 0 Å². The predicted octanol–water partition coefficient (Wildman–Crippen LogP) is 3.96. The third kappa shape index (κ3) is 6.40. The topological polar surface area (TPSA) is 18.5 Å². The lowest BCUT2D eigenvalue weighted by molar-refractivity contribution is 0.00277. The zero-order valence-electron chi connectivity index (χ0n) is 10.4. The van der Waals surface area contributed by atoms with Crippen LogP contribution < -0.4 is 0 Å². The molecule has 1 aliphatic carbocycles. The summed E-state index contributed by atoms with van der Waals surface area (Å²) in [5, 5.41) is 0. The highest BCUT2D eigenvalue weighted by Gasteiger charge is 2.21. The number of ether oxygens (including phenoxy) is 2. The standard InChI is InChI=1S/C13H25IO2/c1-2-3-9-15-10-11-16-13-8-6-4-5-7-12(13)14/h12-13H,2-11H2,1H3. The Bertz CT molecular complexity index is 164. The number of halogens is 1. The van der Waals surface area contributed by atoms with E-state index in [1.54, 1.807) is 0 Å². The van der Waals surface area contributed by atoms with Crippen molar-refractivity contribution in [2.75, 3.05) is 19.8 Å². The molecule has 16 heavy (non-hydrogen) atoms. The highest BCUT2D eigenvalue weighted by molar-refractivity contribution is 14.1. The van der Waals surface area contributed by atoms with E-state index in [4.69, 9.17) is 9.47 Å². The van der Waals surface area contributed by atoms with Crippen LogP contribution in [0.25, 0.3) is 0 Å². The Labute approximate surface area is 114 Å². The summed E-state index contributed by atoms with van der Waals surface area (Å²) in [5.41, 5.74) is 0. The molecular weight excluding hydrogens is 315 g/mol. The van der Waals surface area contributed by atoms with Crippen LogP contribution in [0.3, 0.4) is 0 Å². The van der Waals surface area contributed by atoms with Gasteiger partial charge in [-0.1, -0.05) is 55.2 Å². The van der Waals surface area contributed by atoms with Crippen molar-refractivity contribution < 1.29 is 9.47 Å². The molecule has 2 unspecified atom stereocenters. The molecule has 1 saturated carbocycles. The molecule has 0 aromatic rings. The number of rotatable bonds is 7. The molecule has 2 nitrogen and oxygen atoms in total. The quantitative estimate of drug-likeness (QED) is 0.302. The molecule has 3 heteroatoms. The summed E-state index contributed by atoms with van der Waals surface area (Å²) in [6.45, 7) is 4.61. The third-order valence-electron chi connectivity index (χ3n) is 3.07. The summed E-state index contributed by atoms with van der Waals surface area (Å²) < 4.78 is 12.1. The molecule has 0 spiro atoms. The van der Waals surface area contributed by atoms with E-state index in [2.05, 4.69) is 29.5 Å². The van der Waals surface area contributed by atoms with Crippen LogP contribution in [0, 0.1) is 0 Å². The van der Waals surface area contributed by atoms with E-state index in [1.807, 2.05) is 0 Å². The monoisotopic (exact) mass is 340 g/mol. The summed E-state index contributed by atoms with van der Waals surface area (Å²) in [5.74, 6) is 0. The number of unbranched alkanes of at least 4 members (excludes halogenated alkanes) is 1. The lowest BCUT2D eigenvalue weighted by Gasteiger charge is -2.20. The predicted molar refractivity (Wildman–Crippen MR) is 76.4 cm³/mol. The van der Waals surface area contributed by atoms with Gasteiger partial charge in [-0.15, -0.1) is 0 Å². The molecule has 1 rings (SSSR count). The van der Waals surface area contributed by atoms with Crippen molar-refractivity contribution in [2.24, 2.45) is 0 Å². The minimum absolute atomic E-state index is 0.470. The van der Waals surface area contributed by atoms with Crippen LogP contribution in [0.15, 0.2) is 0 Å². The van der Waals surface area contributed by atoms with Gasteiger partial charge < -0.3 is 9.47 Å². The van der Waals surface area contributed by atoms with Crippen molar-refractivity contribution in [3.63, 3.8) is 0 Å². The molecule has 0 N–H and O–H groups in total. The minimum Gasteiger partial charge on any atom is -0.379 e. The smallest absolute Gasteiger partial charge is 0.0704 e. The molecule has 0 bridgehead atoms. The molecule has 0 aliphatic heterocycles. The fourth-order valence-electron chi connectivity index (χ4n) is 2.02. The molecule has 96 valence electrons. The fourth-order valence-corrected chi connectivity index (χ4v) is 3.03. The summed E-state index contributed by atoms with van der Waals surface area (Å²) in [6, 6.07) is 0. The van der Waals surface area contributed by atoms with Gasteiger partial charge in [0.05, 0.1) is 19.3 Å². The van der Waals surface area contributed by atoms with Gasteiger partial charge in [0, 0.05) is 10.5 Å². The second-order valence-corrected chi connectivity index (χ2v) is 6.13. The van der Waals surface area contributed by atoms with E-state index in [0.717, 1.165) is 19.8 Å². The lowest BCUT2D eigenvalue weighted by Crippen LogP contribution is -2.24. The lowest BCUT2D eigenvalue weighted by atomic mass is 10.1. The van der Waals surface area contributed by atoms with Crippen LogP contribution in [0.5, 0.6) is 0 Å². The SMILES string of the molecule is CCCCOCCOC1CCCCCC1I. The van der Waals surface area contributed by atoms with E-state index < -0.39 is 0 Å². The first-order valence-corrected chi connectivity index (χ1v) is 7.92. The van der Waals surface area contributed by atoms with Crippen LogP contribution in [0.2, 0.25) is 0 Å². The fraction of sp³-hybridized carbons (Fsp3) is 1.00. The van der Waals surface area contributed by atoms with Crippen LogP contribution in [0.4, 0.5) is 0 Å². The molecule has 0 heterocycles. The highest BCUT2D eigenvalue weighted by atomic mass is 127. The van der Waals surface area contributed by atoms with Crippen LogP contribution in [-0.4, -0.2) is 29.8 Å². The largest absolute Gasteiger partial charge is 0.379 e. The van der Waals surface area contributed by atoms with Crippen LogP contribution in [-0.2, 0) is 9.47 Å². The van der Waals surface area contributed by atoms with Gasteiger partial charge in [0.1, 0.15) is 0 Å². The Hall–Kier alpha value is 0.650. The van der Waals surface area contributed by atoms with Crippen molar-refractivity contribution in [1.29, 1.82) is 0 Å². The van der Waals surface area contributed by atoms with Crippen LogP contribution in [0.1, 0.15) is 51.9 Å².